The lowest BCUT2D eigenvalue weighted by molar-refractivity contribution is 0.0198. The molecule has 9 nitrogen and oxygen atoms in total. The molecule has 0 bridgehead atoms. The van der Waals surface area contributed by atoms with Gasteiger partial charge in [0.05, 0.1) is 12.2 Å². The van der Waals surface area contributed by atoms with E-state index in [1.54, 1.807) is 4.90 Å². The first-order valence-electron chi connectivity index (χ1n) is 10.8. The molecule has 0 N–H and O–H groups in total. The molecule has 0 aliphatic carbocycles. The highest BCUT2D eigenvalue weighted by molar-refractivity contribution is 5.68. The summed E-state index contributed by atoms with van der Waals surface area (Å²) in [6, 6.07) is 0.354. The fourth-order valence-electron chi connectivity index (χ4n) is 3.92. The summed E-state index contributed by atoms with van der Waals surface area (Å²) in [6.45, 7) is 12.7. The molecule has 2 aromatic heterocycles. The van der Waals surface area contributed by atoms with Crippen LogP contribution in [0.3, 0.4) is 0 Å². The summed E-state index contributed by atoms with van der Waals surface area (Å²) in [5.41, 5.74) is 1.92. The molecule has 4 heterocycles. The van der Waals surface area contributed by atoms with E-state index in [0.29, 0.717) is 37.5 Å². The topological polar surface area (TPSA) is 89.5 Å². The van der Waals surface area contributed by atoms with E-state index in [-0.39, 0.29) is 12.0 Å². The second-order valence-electron chi connectivity index (χ2n) is 9.52. The van der Waals surface area contributed by atoms with Gasteiger partial charge in [-0.05, 0) is 64.6 Å². The highest BCUT2D eigenvalue weighted by atomic mass is 16.6. The highest BCUT2D eigenvalue weighted by Gasteiger charge is 2.31. The van der Waals surface area contributed by atoms with Gasteiger partial charge in [-0.3, -0.25) is 4.68 Å². The van der Waals surface area contributed by atoms with Crippen LogP contribution in [0.2, 0.25) is 0 Å². The van der Waals surface area contributed by atoms with E-state index in [0.717, 1.165) is 31.5 Å². The maximum Gasteiger partial charge on any atom is 0.410 e. The molecule has 0 atom stereocenters. The molecule has 0 saturated carbocycles. The third-order valence-corrected chi connectivity index (χ3v) is 5.63. The smallest absolute Gasteiger partial charge is 0.410 e. The zero-order valence-electron chi connectivity index (χ0n) is 18.6. The molecular weight excluding hydrogens is 384 g/mol. The minimum atomic E-state index is -0.478. The Morgan fingerprint density at radius 1 is 1.23 bits per heavy atom. The molecule has 4 rings (SSSR count). The third kappa shape index (κ3) is 4.44. The van der Waals surface area contributed by atoms with E-state index in [9.17, 15) is 4.79 Å². The van der Waals surface area contributed by atoms with Crippen LogP contribution in [-0.2, 0) is 17.7 Å². The number of hydrogen-bond donors (Lipinski definition) is 0. The molecule has 1 fully saturated rings. The van der Waals surface area contributed by atoms with Gasteiger partial charge in [0.15, 0.2) is 0 Å². The van der Waals surface area contributed by atoms with Gasteiger partial charge in [0.1, 0.15) is 5.60 Å². The lowest BCUT2D eigenvalue weighted by Crippen LogP contribution is -2.41. The van der Waals surface area contributed by atoms with E-state index in [2.05, 4.69) is 35.1 Å². The zero-order valence-corrected chi connectivity index (χ0v) is 18.6. The van der Waals surface area contributed by atoms with Gasteiger partial charge in [-0.1, -0.05) is 0 Å². The summed E-state index contributed by atoms with van der Waals surface area (Å²) in [7, 11) is 0. The molecule has 1 saturated heterocycles. The van der Waals surface area contributed by atoms with E-state index in [4.69, 9.17) is 14.4 Å². The van der Waals surface area contributed by atoms with Crippen molar-refractivity contribution in [3.05, 3.63) is 23.3 Å². The predicted octanol–water partition coefficient (Wildman–Crippen LogP) is 3.52. The number of nitrogens with zero attached hydrogens (tertiary/aromatic N) is 6. The third-order valence-electron chi connectivity index (χ3n) is 5.63. The van der Waals surface area contributed by atoms with E-state index < -0.39 is 5.60 Å². The molecule has 1 amide bonds. The lowest BCUT2D eigenvalue weighted by atomic mass is 9.97. The average molecular weight is 417 g/mol. The van der Waals surface area contributed by atoms with Crippen molar-refractivity contribution in [2.45, 2.75) is 78.0 Å². The van der Waals surface area contributed by atoms with E-state index in [1.807, 2.05) is 25.5 Å². The van der Waals surface area contributed by atoms with E-state index >= 15 is 0 Å². The maximum absolute atomic E-state index is 12.2. The van der Waals surface area contributed by atoms with Crippen molar-refractivity contribution in [3.8, 4) is 0 Å². The average Bonchev–Trinajstić information content (AvgIpc) is 3.33. The molecule has 0 radical (unpaired) electrons. The number of amides is 1. The van der Waals surface area contributed by atoms with Crippen LogP contribution in [0.25, 0.3) is 0 Å². The molecule has 9 heteroatoms. The molecule has 30 heavy (non-hydrogen) atoms. The van der Waals surface area contributed by atoms with Crippen LogP contribution in [0.1, 0.15) is 76.6 Å². The normalized spacial score (nSPS) is 18.1. The number of anilines is 1. The summed E-state index contributed by atoms with van der Waals surface area (Å²) in [5.74, 6) is 1.46. The SMILES string of the molecule is CC(C)n1cc2c(n1)CN(c1noc(C3CCN(C(=O)OC(C)(C)C)CC3)n1)CC2. The van der Waals surface area contributed by atoms with Crippen LogP contribution < -0.4 is 4.90 Å². The van der Waals surface area contributed by atoms with Crippen molar-refractivity contribution in [1.29, 1.82) is 0 Å². The van der Waals surface area contributed by atoms with Crippen molar-refractivity contribution in [3.63, 3.8) is 0 Å². The Kier molecular flexibility index (Phi) is 5.46. The maximum atomic E-state index is 12.2. The van der Waals surface area contributed by atoms with Crippen molar-refractivity contribution in [2.75, 3.05) is 24.5 Å². The van der Waals surface area contributed by atoms with Crippen LogP contribution >= 0.6 is 0 Å². The molecule has 2 aliphatic rings. The second kappa shape index (κ2) is 7.92. The van der Waals surface area contributed by atoms with Gasteiger partial charge >= 0.3 is 6.09 Å². The summed E-state index contributed by atoms with van der Waals surface area (Å²) >= 11 is 0. The van der Waals surface area contributed by atoms with Gasteiger partial charge in [-0.25, -0.2) is 4.79 Å². The molecule has 0 spiro atoms. The van der Waals surface area contributed by atoms with Gasteiger partial charge in [-0.15, -0.1) is 0 Å². The van der Waals surface area contributed by atoms with Crippen LogP contribution in [0, 0.1) is 0 Å². The first kappa shape index (κ1) is 20.7. The van der Waals surface area contributed by atoms with Gasteiger partial charge in [0.25, 0.3) is 5.95 Å². The minimum Gasteiger partial charge on any atom is -0.444 e. The number of carbonyl (C=O) groups is 1. The number of piperidine rings is 1. The fourth-order valence-corrected chi connectivity index (χ4v) is 3.92. The van der Waals surface area contributed by atoms with Crippen LogP contribution in [0.4, 0.5) is 10.7 Å². The highest BCUT2D eigenvalue weighted by Crippen LogP contribution is 2.30. The Balaban J connectivity index is 1.35. The van der Waals surface area contributed by atoms with Gasteiger partial charge in [0.2, 0.25) is 5.89 Å². The Bertz CT molecular complexity index is 889. The second-order valence-corrected chi connectivity index (χ2v) is 9.52. The largest absolute Gasteiger partial charge is 0.444 e. The van der Waals surface area contributed by atoms with Crippen molar-refractivity contribution in [2.24, 2.45) is 0 Å². The van der Waals surface area contributed by atoms with Crippen molar-refractivity contribution >= 4 is 12.0 Å². The summed E-state index contributed by atoms with van der Waals surface area (Å²) < 4.78 is 13.1. The molecular formula is C21H32N6O3. The Morgan fingerprint density at radius 3 is 2.63 bits per heavy atom. The van der Waals surface area contributed by atoms with Gasteiger partial charge in [0, 0.05) is 37.8 Å². The van der Waals surface area contributed by atoms with Crippen LogP contribution in [0.5, 0.6) is 0 Å². The fraction of sp³-hybridized carbons (Fsp3) is 0.714. The number of hydrogen-bond acceptors (Lipinski definition) is 7. The Morgan fingerprint density at radius 2 is 1.97 bits per heavy atom. The number of fused-ring (bicyclic) bond motifs is 1. The summed E-state index contributed by atoms with van der Waals surface area (Å²) in [4.78, 5) is 20.8. The van der Waals surface area contributed by atoms with E-state index in [1.165, 1.54) is 5.56 Å². The number of carbonyl (C=O) groups excluding carboxylic acids is 1. The number of likely N-dealkylation sites (tertiary alicyclic amines) is 1. The predicted molar refractivity (Wildman–Crippen MR) is 111 cm³/mol. The van der Waals surface area contributed by atoms with Crippen molar-refractivity contribution < 1.29 is 14.1 Å². The molecule has 2 aliphatic heterocycles. The first-order chi connectivity index (χ1) is 14.2. The number of rotatable bonds is 3. The number of ether oxygens (including phenoxy) is 1. The quantitative estimate of drug-likeness (QED) is 0.756. The zero-order chi connectivity index (χ0) is 21.5. The molecule has 2 aromatic rings. The Labute approximate surface area is 177 Å². The molecule has 0 aromatic carbocycles. The Hall–Kier alpha value is -2.58. The standard InChI is InChI=1S/C21H32N6O3/c1-14(2)27-12-16-8-11-26(13-17(16)23-27)19-22-18(30-24-19)15-6-9-25(10-7-15)20(28)29-21(3,4)5/h12,14-15H,6-11,13H2,1-5H3. The monoisotopic (exact) mass is 416 g/mol. The lowest BCUT2D eigenvalue weighted by Gasteiger charge is -2.32. The molecule has 164 valence electrons. The summed E-state index contributed by atoms with van der Waals surface area (Å²) in [6.07, 6.45) is 4.42. The van der Waals surface area contributed by atoms with Crippen LogP contribution in [0.15, 0.2) is 10.7 Å². The first-order valence-corrected chi connectivity index (χ1v) is 10.8. The minimum absolute atomic E-state index is 0.172. The van der Waals surface area contributed by atoms with Crippen LogP contribution in [-0.4, -0.2) is 56.1 Å². The number of aromatic nitrogens is 4. The molecule has 0 unspecified atom stereocenters. The van der Waals surface area contributed by atoms with Gasteiger partial charge < -0.3 is 19.1 Å². The van der Waals surface area contributed by atoms with Crippen molar-refractivity contribution in [1.82, 2.24) is 24.8 Å². The van der Waals surface area contributed by atoms with Gasteiger partial charge in [-0.2, -0.15) is 10.1 Å². The summed E-state index contributed by atoms with van der Waals surface area (Å²) in [5, 5.41) is 8.94.